The number of morpholine rings is 1. The van der Waals surface area contributed by atoms with Gasteiger partial charge in [0, 0.05) is 19.1 Å². The molecule has 4 nitrogen and oxygen atoms in total. The van der Waals surface area contributed by atoms with Crippen molar-refractivity contribution in [1.29, 1.82) is 5.26 Å². The highest BCUT2D eigenvalue weighted by Gasteiger charge is 2.31. The van der Waals surface area contributed by atoms with Crippen LogP contribution in [0.5, 0.6) is 0 Å². The van der Waals surface area contributed by atoms with Crippen LogP contribution in [0, 0.1) is 11.3 Å². The Hall–Kier alpha value is -0.630. The first kappa shape index (κ1) is 13.8. The molecule has 0 radical (unpaired) electrons. The highest BCUT2D eigenvalue weighted by molar-refractivity contribution is 5.06. The van der Waals surface area contributed by atoms with Gasteiger partial charge in [-0.1, -0.05) is 0 Å². The SMILES string of the molecule is CC(C#N)(CCCCN1CCOCC1)NC1CC1. The van der Waals surface area contributed by atoms with Crippen LogP contribution in [0.25, 0.3) is 0 Å². The fourth-order valence-electron chi connectivity index (χ4n) is 2.48. The van der Waals surface area contributed by atoms with Crippen molar-refractivity contribution in [2.75, 3.05) is 32.8 Å². The Kier molecular flexibility index (Phi) is 4.99. The van der Waals surface area contributed by atoms with Crippen LogP contribution in [0.2, 0.25) is 0 Å². The molecule has 0 aromatic carbocycles. The van der Waals surface area contributed by atoms with Gasteiger partial charge in [-0.2, -0.15) is 5.26 Å². The first-order valence-electron chi connectivity index (χ1n) is 7.21. The maximum absolute atomic E-state index is 9.27. The molecule has 2 rings (SSSR count). The number of nitrogens with one attached hydrogen (secondary N) is 1. The van der Waals surface area contributed by atoms with Gasteiger partial charge >= 0.3 is 0 Å². The second-order valence-corrected chi connectivity index (χ2v) is 5.77. The molecule has 1 atom stereocenters. The first-order valence-corrected chi connectivity index (χ1v) is 7.21. The summed E-state index contributed by atoms with van der Waals surface area (Å²) in [5.41, 5.74) is -0.313. The van der Waals surface area contributed by atoms with E-state index in [0.29, 0.717) is 6.04 Å². The summed E-state index contributed by atoms with van der Waals surface area (Å²) in [6.45, 7) is 7.07. The summed E-state index contributed by atoms with van der Waals surface area (Å²) in [5, 5.41) is 12.7. The highest BCUT2D eigenvalue weighted by Crippen LogP contribution is 2.24. The van der Waals surface area contributed by atoms with Crippen molar-refractivity contribution >= 4 is 0 Å². The minimum absolute atomic E-state index is 0.313. The molecule has 2 aliphatic rings. The zero-order valence-corrected chi connectivity index (χ0v) is 11.5. The fraction of sp³-hybridized carbons (Fsp3) is 0.929. The van der Waals surface area contributed by atoms with Gasteiger partial charge in [-0.3, -0.25) is 10.2 Å². The Morgan fingerprint density at radius 2 is 2.06 bits per heavy atom. The van der Waals surface area contributed by atoms with Crippen LogP contribution in [-0.2, 0) is 4.74 Å². The van der Waals surface area contributed by atoms with Crippen LogP contribution in [0.1, 0.15) is 39.0 Å². The normalized spacial score (nSPS) is 24.4. The Bertz CT molecular complexity index is 292. The van der Waals surface area contributed by atoms with E-state index < -0.39 is 0 Å². The lowest BCUT2D eigenvalue weighted by Gasteiger charge is -2.27. The summed E-state index contributed by atoms with van der Waals surface area (Å²) < 4.78 is 5.33. The maximum atomic E-state index is 9.27. The van der Waals surface area contributed by atoms with Crippen molar-refractivity contribution in [2.45, 2.75) is 50.6 Å². The van der Waals surface area contributed by atoms with E-state index in [2.05, 4.69) is 16.3 Å². The Morgan fingerprint density at radius 3 is 2.67 bits per heavy atom. The molecule has 18 heavy (non-hydrogen) atoms. The zero-order valence-electron chi connectivity index (χ0n) is 11.5. The van der Waals surface area contributed by atoms with E-state index in [9.17, 15) is 5.26 Å². The van der Waals surface area contributed by atoms with Gasteiger partial charge in [0.15, 0.2) is 0 Å². The molecular weight excluding hydrogens is 226 g/mol. The largest absolute Gasteiger partial charge is 0.379 e. The van der Waals surface area contributed by atoms with E-state index in [1.807, 2.05) is 6.92 Å². The van der Waals surface area contributed by atoms with Gasteiger partial charge in [0.1, 0.15) is 5.54 Å². The average molecular weight is 251 g/mol. The van der Waals surface area contributed by atoms with Gasteiger partial charge in [0.05, 0.1) is 19.3 Å². The first-order chi connectivity index (χ1) is 8.72. The third-order valence-corrected chi connectivity index (χ3v) is 3.85. The van der Waals surface area contributed by atoms with Crippen LogP contribution in [0.4, 0.5) is 0 Å². The Balaban J connectivity index is 1.59. The molecule has 1 heterocycles. The molecule has 0 amide bonds. The number of hydrogen-bond acceptors (Lipinski definition) is 4. The lowest BCUT2D eigenvalue weighted by atomic mass is 9.96. The number of rotatable bonds is 7. The monoisotopic (exact) mass is 251 g/mol. The molecule has 1 N–H and O–H groups in total. The van der Waals surface area contributed by atoms with Gasteiger partial charge in [0.2, 0.25) is 0 Å². The zero-order chi connectivity index (χ0) is 12.8. The van der Waals surface area contributed by atoms with Gasteiger partial charge in [0.25, 0.3) is 0 Å². The van der Waals surface area contributed by atoms with E-state index in [1.165, 1.54) is 19.3 Å². The molecule has 0 spiro atoms. The molecule has 1 unspecified atom stereocenters. The molecule has 0 bridgehead atoms. The van der Waals surface area contributed by atoms with Crippen molar-refractivity contribution in [2.24, 2.45) is 0 Å². The van der Waals surface area contributed by atoms with Crippen LogP contribution in [0.3, 0.4) is 0 Å². The van der Waals surface area contributed by atoms with E-state index in [-0.39, 0.29) is 5.54 Å². The van der Waals surface area contributed by atoms with Crippen molar-refractivity contribution in [3.8, 4) is 6.07 Å². The number of nitrogens with zero attached hydrogens (tertiary/aromatic N) is 2. The van der Waals surface area contributed by atoms with Crippen LogP contribution in [-0.4, -0.2) is 49.3 Å². The molecule has 0 aromatic rings. The average Bonchev–Trinajstić information content (AvgIpc) is 3.20. The highest BCUT2D eigenvalue weighted by atomic mass is 16.5. The van der Waals surface area contributed by atoms with E-state index in [0.717, 1.165) is 45.7 Å². The fourth-order valence-corrected chi connectivity index (χ4v) is 2.48. The third-order valence-electron chi connectivity index (χ3n) is 3.85. The number of ether oxygens (including phenoxy) is 1. The second-order valence-electron chi connectivity index (χ2n) is 5.77. The van der Waals surface area contributed by atoms with Crippen molar-refractivity contribution in [3.05, 3.63) is 0 Å². The van der Waals surface area contributed by atoms with Gasteiger partial charge in [-0.15, -0.1) is 0 Å². The maximum Gasteiger partial charge on any atom is 0.104 e. The lowest BCUT2D eigenvalue weighted by molar-refractivity contribution is 0.0370. The van der Waals surface area contributed by atoms with Crippen LogP contribution < -0.4 is 5.32 Å². The van der Waals surface area contributed by atoms with E-state index in [1.54, 1.807) is 0 Å². The molecule has 4 heteroatoms. The lowest BCUT2D eigenvalue weighted by Crippen LogP contribution is -2.42. The van der Waals surface area contributed by atoms with Crippen LogP contribution in [0.15, 0.2) is 0 Å². The summed E-state index contributed by atoms with van der Waals surface area (Å²) in [4.78, 5) is 2.46. The summed E-state index contributed by atoms with van der Waals surface area (Å²) in [6.07, 6.45) is 5.76. The van der Waals surface area contributed by atoms with Crippen molar-refractivity contribution < 1.29 is 4.74 Å². The molecule has 1 saturated heterocycles. The van der Waals surface area contributed by atoms with Crippen molar-refractivity contribution in [1.82, 2.24) is 10.2 Å². The standard InChI is InChI=1S/C14H25N3O/c1-14(12-15,16-13-4-5-13)6-2-3-7-17-8-10-18-11-9-17/h13,16H,2-11H2,1H3. The number of nitriles is 1. The number of hydrogen-bond donors (Lipinski definition) is 1. The predicted molar refractivity (Wildman–Crippen MR) is 71.3 cm³/mol. The molecular formula is C14H25N3O. The minimum atomic E-state index is -0.313. The summed E-state index contributed by atoms with van der Waals surface area (Å²) in [5.74, 6) is 0. The molecule has 0 aromatic heterocycles. The third kappa shape index (κ3) is 4.56. The minimum Gasteiger partial charge on any atom is -0.379 e. The summed E-state index contributed by atoms with van der Waals surface area (Å²) in [6, 6.07) is 3.05. The van der Waals surface area contributed by atoms with Gasteiger partial charge in [-0.05, 0) is 45.6 Å². The molecule has 1 saturated carbocycles. The van der Waals surface area contributed by atoms with Crippen LogP contribution >= 0.6 is 0 Å². The quantitative estimate of drug-likeness (QED) is 0.697. The van der Waals surface area contributed by atoms with E-state index in [4.69, 9.17) is 4.74 Å². The molecule has 2 fully saturated rings. The predicted octanol–water partition coefficient (Wildman–Crippen LogP) is 1.52. The molecule has 1 aliphatic heterocycles. The Morgan fingerprint density at radius 1 is 1.33 bits per heavy atom. The van der Waals surface area contributed by atoms with E-state index >= 15 is 0 Å². The van der Waals surface area contributed by atoms with Gasteiger partial charge in [-0.25, -0.2) is 0 Å². The molecule has 102 valence electrons. The van der Waals surface area contributed by atoms with Gasteiger partial charge < -0.3 is 4.74 Å². The second kappa shape index (κ2) is 6.51. The summed E-state index contributed by atoms with van der Waals surface area (Å²) >= 11 is 0. The number of unbranched alkanes of at least 4 members (excludes halogenated alkanes) is 1. The topological polar surface area (TPSA) is 48.3 Å². The molecule has 1 aliphatic carbocycles. The summed E-state index contributed by atoms with van der Waals surface area (Å²) in [7, 11) is 0. The Labute approximate surface area is 110 Å². The van der Waals surface area contributed by atoms with Crippen molar-refractivity contribution in [3.63, 3.8) is 0 Å². The smallest absolute Gasteiger partial charge is 0.104 e.